The molecule has 0 saturated heterocycles. The summed E-state index contributed by atoms with van der Waals surface area (Å²) in [5.74, 6) is 0.281. The minimum absolute atomic E-state index is 0.118. The minimum atomic E-state index is -0.569. The van der Waals surface area contributed by atoms with E-state index in [-0.39, 0.29) is 18.9 Å². The lowest BCUT2D eigenvalue weighted by molar-refractivity contribution is -0.116. The molecule has 0 spiro atoms. The van der Waals surface area contributed by atoms with Gasteiger partial charge in [0.2, 0.25) is 5.91 Å². The van der Waals surface area contributed by atoms with Gasteiger partial charge in [-0.25, -0.2) is 14.5 Å². The average Bonchev–Trinajstić information content (AvgIpc) is 3.00. The molecule has 0 aliphatic rings. The first-order valence-corrected chi connectivity index (χ1v) is 7.57. The summed E-state index contributed by atoms with van der Waals surface area (Å²) in [5.41, 5.74) is -0.0239. The Kier molecular flexibility index (Phi) is 5.51. The lowest BCUT2D eigenvalue weighted by Gasteiger charge is -2.19. The molecule has 0 bridgehead atoms. The smallest absolute Gasteiger partial charge is 0.407 e. The van der Waals surface area contributed by atoms with Crippen LogP contribution in [0.1, 0.15) is 27.2 Å². The van der Waals surface area contributed by atoms with Gasteiger partial charge in [-0.2, -0.15) is 5.10 Å². The van der Waals surface area contributed by atoms with Gasteiger partial charge in [0.1, 0.15) is 5.60 Å². The molecule has 0 atom stereocenters. The zero-order valence-electron chi connectivity index (χ0n) is 13.9. The summed E-state index contributed by atoms with van der Waals surface area (Å²) in [7, 11) is 0. The molecular weight excluding hydrogens is 310 g/mol. The predicted molar refractivity (Wildman–Crippen MR) is 88.8 cm³/mol. The van der Waals surface area contributed by atoms with Crippen molar-refractivity contribution >= 4 is 17.7 Å². The standard InChI is InChI=1S/C16H21N5O3/c1-16(2,3)24-15(23)18-10-7-13(22)20-12-6-4-8-17-14(12)21-11-5-9-19-21/h4-6,8-9,11H,7,10H2,1-3H3,(H,18,23)(H,20,22). The highest BCUT2D eigenvalue weighted by Gasteiger charge is 2.16. The Hall–Kier alpha value is -2.90. The van der Waals surface area contributed by atoms with Crippen molar-refractivity contribution in [3.8, 4) is 5.82 Å². The van der Waals surface area contributed by atoms with Gasteiger partial charge in [-0.05, 0) is 39.0 Å². The molecule has 0 saturated carbocycles. The van der Waals surface area contributed by atoms with Gasteiger partial charge in [-0.1, -0.05) is 0 Å². The molecule has 0 aliphatic heterocycles. The van der Waals surface area contributed by atoms with Gasteiger partial charge >= 0.3 is 6.09 Å². The molecule has 0 unspecified atom stereocenters. The van der Waals surface area contributed by atoms with Crippen molar-refractivity contribution in [1.82, 2.24) is 20.1 Å². The zero-order valence-corrected chi connectivity index (χ0v) is 13.9. The van der Waals surface area contributed by atoms with E-state index in [0.29, 0.717) is 11.5 Å². The molecule has 2 amide bonds. The molecule has 0 radical (unpaired) electrons. The molecule has 2 aromatic heterocycles. The van der Waals surface area contributed by atoms with Crippen LogP contribution in [0.25, 0.3) is 5.82 Å². The average molecular weight is 331 g/mol. The number of carbonyl (C=O) groups excluding carboxylic acids is 2. The molecule has 2 rings (SSSR count). The summed E-state index contributed by atoms with van der Waals surface area (Å²) < 4.78 is 6.67. The van der Waals surface area contributed by atoms with Crippen LogP contribution < -0.4 is 10.6 Å². The first kappa shape index (κ1) is 17.5. The number of alkyl carbamates (subject to hydrolysis) is 1. The van der Waals surface area contributed by atoms with Gasteiger partial charge in [0.15, 0.2) is 5.82 Å². The molecule has 0 aliphatic carbocycles. The van der Waals surface area contributed by atoms with E-state index in [0.717, 1.165) is 0 Å². The first-order chi connectivity index (χ1) is 11.3. The van der Waals surface area contributed by atoms with E-state index in [9.17, 15) is 9.59 Å². The maximum Gasteiger partial charge on any atom is 0.407 e. The van der Waals surface area contributed by atoms with E-state index in [2.05, 4.69) is 20.7 Å². The quantitative estimate of drug-likeness (QED) is 0.874. The van der Waals surface area contributed by atoms with Crippen molar-refractivity contribution < 1.29 is 14.3 Å². The Morgan fingerprint density at radius 1 is 1.25 bits per heavy atom. The van der Waals surface area contributed by atoms with Gasteiger partial charge in [0, 0.05) is 31.6 Å². The molecular formula is C16H21N5O3. The Bertz CT molecular complexity index is 692. The fourth-order valence-electron chi connectivity index (χ4n) is 1.88. The molecule has 8 heteroatoms. The minimum Gasteiger partial charge on any atom is -0.444 e. The van der Waals surface area contributed by atoms with Gasteiger partial charge in [0.25, 0.3) is 0 Å². The number of hydrogen-bond acceptors (Lipinski definition) is 5. The summed E-state index contributed by atoms with van der Waals surface area (Å²) in [6, 6.07) is 5.23. The van der Waals surface area contributed by atoms with Crippen LogP contribution >= 0.6 is 0 Å². The molecule has 2 N–H and O–H groups in total. The fourth-order valence-corrected chi connectivity index (χ4v) is 1.88. The number of ether oxygens (including phenoxy) is 1. The zero-order chi connectivity index (χ0) is 17.6. The van der Waals surface area contributed by atoms with Crippen molar-refractivity contribution in [3.63, 3.8) is 0 Å². The Labute approximate surface area is 140 Å². The third kappa shape index (κ3) is 5.38. The normalized spacial score (nSPS) is 11.0. The maximum absolute atomic E-state index is 12.0. The van der Waals surface area contributed by atoms with Crippen molar-refractivity contribution in [3.05, 3.63) is 36.8 Å². The number of nitrogens with zero attached hydrogens (tertiary/aromatic N) is 3. The van der Waals surface area contributed by atoms with Crippen LogP contribution in [0.15, 0.2) is 36.8 Å². The van der Waals surface area contributed by atoms with Gasteiger partial charge in [0.05, 0.1) is 5.69 Å². The molecule has 2 heterocycles. The van der Waals surface area contributed by atoms with Crippen LogP contribution in [0.2, 0.25) is 0 Å². The predicted octanol–water partition coefficient (Wildman–Crippen LogP) is 2.12. The monoisotopic (exact) mass is 331 g/mol. The number of rotatable bonds is 5. The number of hydrogen-bond donors (Lipinski definition) is 2. The van der Waals surface area contributed by atoms with Gasteiger partial charge in [-0.3, -0.25) is 4.79 Å². The summed E-state index contributed by atoms with van der Waals surface area (Å²) in [5, 5.41) is 9.41. The van der Waals surface area contributed by atoms with E-state index in [1.807, 2.05) is 0 Å². The topological polar surface area (TPSA) is 98.1 Å². The largest absolute Gasteiger partial charge is 0.444 e. The third-order valence-corrected chi connectivity index (χ3v) is 2.80. The van der Waals surface area contributed by atoms with Crippen LogP contribution in [0.5, 0.6) is 0 Å². The van der Waals surface area contributed by atoms with Gasteiger partial charge in [-0.15, -0.1) is 0 Å². The number of amides is 2. The van der Waals surface area contributed by atoms with Crippen LogP contribution in [-0.4, -0.2) is 38.9 Å². The summed E-state index contributed by atoms with van der Waals surface area (Å²) >= 11 is 0. The Balaban J connectivity index is 1.87. The number of anilines is 1. The highest BCUT2D eigenvalue weighted by Crippen LogP contribution is 2.16. The number of carbonyl (C=O) groups is 2. The summed E-state index contributed by atoms with van der Waals surface area (Å²) in [6.07, 6.45) is 4.56. The second-order valence-corrected chi connectivity index (χ2v) is 6.05. The second kappa shape index (κ2) is 7.58. The van der Waals surface area contributed by atoms with Crippen molar-refractivity contribution in [2.24, 2.45) is 0 Å². The summed E-state index contributed by atoms with van der Waals surface area (Å²) in [6.45, 7) is 5.51. The van der Waals surface area contributed by atoms with Crippen LogP contribution in [0.3, 0.4) is 0 Å². The molecule has 128 valence electrons. The van der Waals surface area contributed by atoms with E-state index in [1.165, 1.54) is 0 Å². The van der Waals surface area contributed by atoms with Crippen molar-refractivity contribution in [1.29, 1.82) is 0 Å². The summed E-state index contributed by atoms with van der Waals surface area (Å²) in [4.78, 5) is 27.8. The van der Waals surface area contributed by atoms with E-state index >= 15 is 0 Å². The lowest BCUT2D eigenvalue weighted by atomic mass is 10.2. The van der Waals surface area contributed by atoms with Crippen LogP contribution in [0, 0.1) is 0 Å². The van der Waals surface area contributed by atoms with E-state index in [1.54, 1.807) is 62.2 Å². The van der Waals surface area contributed by atoms with Crippen LogP contribution in [-0.2, 0) is 9.53 Å². The molecule has 2 aromatic rings. The Morgan fingerprint density at radius 2 is 2.04 bits per heavy atom. The maximum atomic E-state index is 12.0. The lowest BCUT2D eigenvalue weighted by Crippen LogP contribution is -2.34. The molecule has 8 nitrogen and oxygen atoms in total. The Morgan fingerprint density at radius 3 is 2.71 bits per heavy atom. The van der Waals surface area contributed by atoms with Crippen molar-refractivity contribution in [2.75, 3.05) is 11.9 Å². The number of pyridine rings is 1. The SMILES string of the molecule is CC(C)(C)OC(=O)NCCC(=O)Nc1cccnc1-n1cccn1. The van der Waals surface area contributed by atoms with Gasteiger partial charge < -0.3 is 15.4 Å². The number of nitrogens with one attached hydrogen (secondary N) is 2. The second-order valence-electron chi connectivity index (χ2n) is 6.05. The number of aromatic nitrogens is 3. The van der Waals surface area contributed by atoms with Crippen molar-refractivity contribution in [2.45, 2.75) is 32.8 Å². The molecule has 0 aromatic carbocycles. The highest BCUT2D eigenvalue weighted by molar-refractivity contribution is 5.92. The van der Waals surface area contributed by atoms with Crippen LogP contribution in [0.4, 0.5) is 10.5 Å². The van der Waals surface area contributed by atoms with E-state index < -0.39 is 11.7 Å². The first-order valence-electron chi connectivity index (χ1n) is 7.57. The molecule has 0 fully saturated rings. The fraction of sp³-hybridized carbons (Fsp3) is 0.375. The highest BCUT2D eigenvalue weighted by atomic mass is 16.6. The van der Waals surface area contributed by atoms with E-state index in [4.69, 9.17) is 4.74 Å². The third-order valence-electron chi connectivity index (χ3n) is 2.80. The molecule has 24 heavy (non-hydrogen) atoms.